The predicted molar refractivity (Wildman–Crippen MR) is 145 cm³/mol. The second kappa shape index (κ2) is 11.7. The molecule has 0 bridgehead atoms. The highest BCUT2D eigenvalue weighted by molar-refractivity contribution is 5.65. The van der Waals surface area contributed by atoms with E-state index in [9.17, 15) is 0 Å². The van der Waals surface area contributed by atoms with E-state index in [4.69, 9.17) is 4.74 Å². The van der Waals surface area contributed by atoms with Gasteiger partial charge in [-0.05, 0) is 82.8 Å². The van der Waals surface area contributed by atoms with Gasteiger partial charge in [0.2, 0.25) is 0 Å². The number of hydrogen-bond acceptors (Lipinski definition) is 1. The Hall–Kier alpha value is -3.32. The van der Waals surface area contributed by atoms with Crippen molar-refractivity contribution in [2.24, 2.45) is 0 Å². The van der Waals surface area contributed by atoms with Gasteiger partial charge in [-0.1, -0.05) is 106 Å². The van der Waals surface area contributed by atoms with E-state index in [-0.39, 0.29) is 0 Å². The van der Waals surface area contributed by atoms with Crippen molar-refractivity contribution in [1.82, 2.24) is 0 Å². The molecule has 0 aliphatic carbocycles. The Morgan fingerprint density at radius 1 is 0.588 bits per heavy atom. The fourth-order valence-corrected chi connectivity index (χ4v) is 4.58. The van der Waals surface area contributed by atoms with Gasteiger partial charge in [0.25, 0.3) is 0 Å². The quantitative estimate of drug-likeness (QED) is 0.235. The molecule has 0 aliphatic heterocycles. The summed E-state index contributed by atoms with van der Waals surface area (Å²) >= 11 is 0. The number of benzene rings is 4. The highest BCUT2D eigenvalue weighted by Crippen LogP contribution is 2.29. The van der Waals surface area contributed by atoms with E-state index in [0.29, 0.717) is 5.92 Å². The molecule has 4 aromatic rings. The number of ether oxygens (including phenoxy) is 1. The van der Waals surface area contributed by atoms with Crippen LogP contribution in [0.4, 0.5) is 0 Å². The molecular weight excluding hydrogens is 412 g/mol. The molecule has 0 radical (unpaired) electrons. The third-order valence-corrected chi connectivity index (χ3v) is 6.39. The molecule has 174 valence electrons. The lowest BCUT2D eigenvalue weighted by atomic mass is 9.91. The van der Waals surface area contributed by atoms with Crippen molar-refractivity contribution < 1.29 is 4.74 Å². The molecular formula is C33H36O. The molecule has 1 unspecified atom stereocenters. The maximum absolute atomic E-state index is 6.15. The Bertz CT molecular complexity index is 1190. The van der Waals surface area contributed by atoms with E-state index in [0.717, 1.165) is 37.2 Å². The van der Waals surface area contributed by atoms with E-state index in [1.807, 2.05) is 6.07 Å². The zero-order valence-corrected chi connectivity index (χ0v) is 20.8. The summed E-state index contributed by atoms with van der Waals surface area (Å²) in [7, 11) is 0. The summed E-state index contributed by atoms with van der Waals surface area (Å²) in [5.41, 5.74) is 8.04. The molecule has 1 nitrogen and oxygen atoms in total. The van der Waals surface area contributed by atoms with Crippen LogP contribution in [0.2, 0.25) is 0 Å². The van der Waals surface area contributed by atoms with E-state index in [1.54, 1.807) is 0 Å². The minimum atomic E-state index is 0.419. The highest BCUT2D eigenvalue weighted by atomic mass is 16.5. The van der Waals surface area contributed by atoms with Gasteiger partial charge in [-0.15, -0.1) is 0 Å². The van der Waals surface area contributed by atoms with Crippen LogP contribution in [0.1, 0.15) is 61.8 Å². The Morgan fingerprint density at radius 2 is 1.24 bits per heavy atom. The molecule has 4 rings (SSSR count). The standard InChI is InChI=1S/C33H36O/c1-4-9-26-17-19-32(20-18-26)34-33-16-7-12-28(23-33)21-25(3)29-13-8-15-31(24-29)30-14-6-11-27(22-30)10-5-2/h6-8,11-20,22-25H,4-5,9-10,21H2,1-3H3. The molecule has 4 aromatic carbocycles. The van der Waals surface area contributed by atoms with Gasteiger partial charge < -0.3 is 4.74 Å². The fourth-order valence-electron chi connectivity index (χ4n) is 4.58. The lowest BCUT2D eigenvalue weighted by Gasteiger charge is -2.15. The summed E-state index contributed by atoms with van der Waals surface area (Å²) in [4.78, 5) is 0. The minimum Gasteiger partial charge on any atom is -0.457 e. The largest absolute Gasteiger partial charge is 0.457 e. The maximum atomic E-state index is 6.15. The Kier molecular flexibility index (Phi) is 8.20. The third-order valence-electron chi connectivity index (χ3n) is 6.39. The molecule has 0 N–H and O–H groups in total. The van der Waals surface area contributed by atoms with Crippen LogP contribution in [0, 0.1) is 0 Å². The molecule has 0 heterocycles. The van der Waals surface area contributed by atoms with Crippen molar-refractivity contribution in [2.45, 2.75) is 58.8 Å². The molecule has 1 atom stereocenters. The zero-order valence-electron chi connectivity index (χ0n) is 20.8. The van der Waals surface area contributed by atoms with E-state index in [2.05, 4.69) is 112 Å². The van der Waals surface area contributed by atoms with Crippen molar-refractivity contribution >= 4 is 0 Å². The van der Waals surface area contributed by atoms with Crippen LogP contribution in [0.25, 0.3) is 11.1 Å². The smallest absolute Gasteiger partial charge is 0.127 e. The van der Waals surface area contributed by atoms with Gasteiger partial charge in [0.1, 0.15) is 11.5 Å². The summed E-state index contributed by atoms with van der Waals surface area (Å²) in [6.07, 6.45) is 5.55. The predicted octanol–water partition coefficient (Wildman–Crippen LogP) is 9.40. The number of hydrogen-bond donors (Lipinski definition) is 0. The van der Waals surface area contributed by atoms with Crippen molar-refractivity contribution in [3.8, 4) is 22.6 Å². The van der Waals surface area contributed by atoms with Gasteiger partial charge in [-0.2, -0.15) is 0 Å². The van der Waals surface area contributed by atoms with Crippen molar-refractivity contribution in [2.75, 3.05) is 0 Å². The molecule has 1 heteroatoms. The summed E-state index contributed by atoms with van der Waals surface area (Å²) in [5.74, 6) is 2.21. The van der Waals surface area contributed by atoms with Gasteiger partial charge in [-0.3, -0.25) is 0 Å². The van der Waals surface area contributed by atoms with Crippen molar-refractivity contribution in [3.63, 3.8) is 0 Å². The minimum absolute atomic E-state index is 0.419. The number of rotatable bonds is 10. The topological polar surface area (TPSA) is 9.23 Å². The van der Waals surface area contributed by atoms with Crippen molar-refractivity contribution in [3.05, 3.63) is 119 Å². The average Bonchev–Trinajstić information content (AvgIpc) is 2.86. The van der Waals surface area contributed by atoms with Crippen LogP contribution in [-0.2, 0) is 19.3 Å². The number of aryl methyl sites for hydroxylation is 2. The first kappa shape index (κ1) is 23.8. The van der Waals surface area contributed by atoms with Crippen LogP contribution in [0.15, 0.2) is 97.1 Å². The molecule has 0 fully saturated rings. The molecule has 34 heavy (non-hydrogen) atoms. The van der Waals surface area contributed by atoms with Crippen LogP contribution < -0.4 is 4.74 Å². The molecule has 0 aliphatic rings. The Labute approximate surface area is 205 Å². The summed E-state index contributed by atoms with van der Waals surface area (Å²) in [5, 5.41) is 0. The first-order chi connectivity index (χ1) is 16.6. The van der Waals surface area contributed by atoms with E-state index in [1.165, 1.54) is 39.8 Å². The third kappa shape index (κ3) is 6.38. The molecule has 0 aromatic heterocycles. The molecule has 0 amide bonds. The van der Waals surface area contributed by atoms with E-state index < -0.39 is 0 Å². The average molecular weight is 449 g/mol. The lowest BCUT2D eigenvalue weighted by Crippen LogP contribution is -1.99. The lowest BCUT2D eigenvalue weighted by molar-refractivity contribution is 0.481. The van der Waals surface area contributed by atoms with Gasteiger partial charge in [0, 0.05) is 0 Å². The molecule has 0 spiro atoms. The fraction of sp³-hybridized carbons (Fsp3) is 0.273. The SMILES string of the molecule is CCCc1ccc(Oc2cccc(CC(C)c3cccc(-c4cccc(CCC)c4)c3)c2)cc1. The summed E-state index contributed by atoms with van der Waals surface area (Å²) in [6, 6.07) is 35.0. The van der Waals surface area contributed by atoms with Gasteiger partial charge in [0.15, 0.2) is 0 Å². The highest BCUT2D eigenvalue weighted by Gasteiger charge is 2.10. The van der Waals surface area contributed by atoms with Crippen LogP contribution >= 0.6 is 0 Å². The van der Waals surface area contributed by atoms with Crippen molar-refractivity contribution in [1.29, 1.82) is 0 Å². The summed E-state index contributed by atoms with van der Waals surface area (Å²) < 4.78 is 6.15. The van der Waals surface area contributed by atoms with Gasteiger partial charge in [0.05, 0.1) is 0 Å². The van der Waals surface area contributed by atoms with Gasteiger partial charge in [-0.25, -0.2) is 0 Å². The maximum Gasteiger partial charge on any atom is 0.127 e. The van der Waals surface area contributed by atoms with Crippen LogP contribution in [0.3, 0.4) is 0 Å². The first-order valence-corrected chi connectivity index (χ1v) is 12.7. The Balaban J connectivity index is 1.45. The first-order valence-electron chi connectivity index (χ1n) is 12.7. The summed E-state index contributed by atoms with van der Waals surface area (Å²) in [6.45, 7) is 6.75. The molecule has 0 saturated heterocycles. The van der Waals surface area contributed by atoms with Gasteiger partial charge >= 0.3 is 0 Å². The molecule has 0 saturated carbocycles. The van der Waals surface area contributed by atoms with Crippen LogP contribution in [-0.4, -0.2) is 0 Å². The van der Waals surface area contributed by atoms with Crippen LogP contribution in [0.5, 0.6) is 11.5 Å². The van der Waals surface area contributed by atoms with E-state index >= 15 is 0 Å². The monoisotopic (exact) mass is 448 g/mol. The Morgan fingerprint density at radius 3 is 2.00 bits per heavy atom. The zero-order chi connectivity index (χ0) is 23.8. The second-order valence-electron chi connectivity index (χ2n) is 9.32. The second-order valence-corrected chi connectivity index (χ2v) is 9.32. The normalized spacial score (nSPS) is 11.9.